The Labute approximate surface area is 81.7 Å². The van der Waals surface area contributed by atoms with E-state index >= 15 is 0 Å². The van der Waals surface area contributed by atoms with E-state index in [1.807, 2.05) is 27.8 Å². The Bertz CT molecular complexity index is 121. The van der Waals surface area contributed by atoms with Crippen LogP contribution in [0.3, 0.4) is 0 Å². The molecule has 0 bridgehead atoms. The third-order valence-electron chi connectivity index (χ3n) is 1.93. The summed E-state index contributed by atoms with van der Waals surface area (Å²) in [5.41, 5.74) is -0.556. The molecule has 0 saturated carbocycles. The predicted molar refractivity (Wildman–Crippen MR) is 54.9 cm³/mol. The number of likely N-dealkylation sites (N-methyl/N-ethyl adjacent to an activating group) is 1. The quantitative estimate of drug-likeness (QED) is 0.609. The van der Waals surface area contributed by atoms with Crippen molar-refractivity contribution in [3.63, 3.8) is 0 Å². The molecule has 0 heterocycles. The zero-order valence-corrected chi connectivity index (χ0v) is 9.34. The number of hydrogen-bond donors (Lipinski definition) is 1. The molecule has 0 aromatic heterocycles. The number of aliphatic hydroxyl groups is 1. The van der Waals surface area contributed by atoms with E-state index in [2.05, 4.69) is 4.90 Å². The summed E-state index contributed by atoms with van der Waals surface area (Å²) in [6.07, 6.45) is 0.801. The SMILES string of the molecule is CCOCCN(C)CCC(C)(C)O. The predicted octanol–water partition coefficient (Wildman–Crippen LogP) is 1.12. The van der Waals surface area contributed by atoms with Crippen LogP contribution in [0.15, 0.2) is 0 Å². The summed E-state index contributed by atoms with van der Waals surface area (Å²) >= 11 is 0. The van der Waals surface area contributed by atoms with Gasteiger partial charge in [0.2, 0.25) is 0 Å². The van der Waals surface area contributed by atoms with Crippen molar-refractivity contribution in [2.24, 2.45) is 0 Å². The number of hydrogen-bond acceptors (Lipinski definition) is 3. The lowest BCUT2D eigenvalue weighted by atomic mass is 10.1. The summed E-state index contributed by atoms with van der Waals surface area (Å²) in [6.45, 7) is 9.07. The van der Waals surface area contributed by atoms with Gasteiger partial charge in [0.1, 0.15) is 0 Å². The van der Waals surface area contributed by atoms with Gasteiger partial charge in [-0.1, -0.05) is 0 Å². The van der Waals surface area contributed by atoms with Crippen molar-refractivity contribution < 1.29 is 9.84 Å². The molecule has 13 heavy (non-hydrogen) atoms. The Morgan fingerprint density at radius 2 is 1.92 bits per heavy atom. The van der Waals surface area contributed by atoms with Gasteiger partial charge in [0.15, 0.2) is 0 Å². The monoisotopic (exact) mass is 189 g/mol. The van der Waals surface area contributed by atoms with E-state index in [9.17, 15) is 5.11 Å². The molecule has 0 fully saturated rings. The van der Waals surface area contributed by atoms with Crippen LogP contribution in [-0.2, 0) is 4.74 Å². The maximum absolute atomic E-state index is 9.48. The van der Waals surface area contributed by atoms with Gasteiger partial charge >= 0.3 is 0 Å². The first-order chi connectivity index (χ1) is 5.95. The van der Waals surface area contributed by atoms with Crippen LogP contribution in [0.5, 0.6) is 0 Å². The molecular formula is C10H23NO2. The molecule has 0 aliphatic heterocycles. The van der Waals surface area contributed by atoms with E-state index in [-0.39, 0.29) is 0 Å². The van der Waals surface area contributed by atoms with Crippen molar-refractivity contribution in [3.05, 3.63) is 0 Å². The Kier molecular flexibility index (Phi) is 6.29. The summed E-state index contributed by atoms with van der Waals surface area (Å²) in [6, 6.07) is 0. The van der Waals surface area contributed by atoms with E-state index in [0.717, 1.165) is 32.7 Å². The second kappa shape index (κ2) is 6.35. The molecule has 0 saturated heterocycles. The molecule has 0 aliphatic rings. The maximum Gasteiger partial charge on any atom is 0.0603 e. The van der Waals surface area contributed by atoms with Crippen LogP contribution in [0.1, 0.15) is 27.2 Å². The minimum absolute atomic E-state index is 0.556. The van der Waals surface area contributed by atoms with Gasteiger partial charge in [0, 0.05) is 19.7 Å². The van der Waals surface area contributed by atoms with Crippen LogP contribution in [-0.4, -0.2) is 49.0 Å². The molecule has 0 atom stereocenters. The van der Waals surface area contributed by atoms with Crippen molar-refractivity contribution in [2.45, 2.75) is 32.8 Å². The smallest absolute Gasteiger partial charge is 0.0603 e. The van der Waals surface area contributed by atoms with Gasteiger partial charge in [-0.15, -0.1) is 0 Å². The average molecular weight is 189 g/mol. The summed E-state index contributed by atoms with van der Waals surface area (Å²) in [7, 11) is 2.05. The van der Waals surface area contributed by atoms with Crippen molar-refractivity contribution in [2.75, 3.05) is 33.4 Å². The van der Waals surface area contributed by atoms with Gasteiger partial charge in [-0.2, -0.15) is 0 Å². The van der Waals surface area contributed by atoms with E-state index in [1.54, 1.807) is 0 Å². The first-order valence-electron chi connectivity index (χ1n) is 4.94. The molecule has 0 aromatic carbocycles. The minimum Gasteiger partial charge on any atom is -0.390 e. The Hall–Kier alpha value is -0.120. The van der Waals surface area contributed by atoms with Crippen LogP contribution >= 0.6 is 0 Å². The molecule has 0 rings (SSSR count). The van der Waals surface area contributed by atoms with Gasteiger partial charge < -0.3 is 14.7 Å². The van der Waals surface area contributed by atoms with Crippen molar-refractivity contribution in [3.8, 4) is 0 Å². The molecule has 80 valence electrons. The fourth-order valence-electron chi connectivity index (χ4n) is 0.941. The lowest BCUT2D eigenvalue weighted by molar-refractivity contribution is 0.0551. The second-order valence-corrected chi connectivity index (χ2v) is 4.06. The maximum atomic E-state index is 9.48. The van der Waals surface area contributed by atoms with Crippen LogP contribution in [0.2, 0.25) is 0 Å². The standard InChI is InChI=1S/C10H23NO2/c1-5-13-9-8-11(4)7-6-10(2,3)12/h12H,5-9H2,1-4H3. The lowest BCUT2D eigenvalue weighted by Gasteiger charge is -2.22. The largest absolute Gasteiger partial charge is 0.390 e. The number of rotatable bonds is 7. The number of nitrogens with zero attached hydrogens (tertiary/aromatic N) is 1. The molecule has 3 nitrogen and oxygen atoms in total. The third-order valence-corrected chi connectivity index (χ3v) is 1.93. The Balaban J connectivity index is 3.35. The Morgan fingerprint density at radius 3 is 2.38 bits per heavy atom. The molecule has 0 amide bonds. The molecule has 0 radical (unpaired) electrons. The van der Waals surface area contributed by atoms with Gasteiger partial charge in [0.25, 0.3) is 0 Å². The molecule has 3 heteroatoms. The molecule has 1 N–H and O–H groups in total. The molecule has 0 unspecified atom stereocenters. The van der Waals surface area contributed by atoms with Gasteiger partial charge in [0.05, 0.1) is 12.2 Å². The van der Waals surface area contributed by atoms with Crippen LogP contribution in [0.25, 0.3) is 0 Å². The third kappa shape index (κ3) is 9.80. The van der Waals surface area contributed by atoms with E-state index in [0.29, 0.717) is 0 Å². The van der Waals surface area contributed by atoms with Crippen LogP contribution < -0.4 is 0 Å². The molecule has 0 aromatic rings. The highest BCUT2D eigenvalue weighted by atomic mass is 16.5. The van der Waals surface area contributed by atoms with Crippen molar-refractivity contribution in [1.82, 2.24) is 4.90 Å². The topological polar surface area (TPSA) is 32.7 Å². The second-order valence-electron chi connectivity index (χ2n) is 4.06. The number of ether oxygens (including phenoxy) is 1. The summed E-state index contributed by atoms with van der Waals surface area (Å²) in [5.74, 6) is 0. The highest BCUT2D eigenvalue weighted by Gasteiger charge is 2.12. The fourth-order valence-corrected chi connectivity index (χ4v) is 0.941. The van der Waals surface area contributed by atoms with Crippen molar-refractivity contribution in [1.29, 1.82) is 0 Å². The van der Waals surface area contributed by atoms with E-state index in [1.165, 1.54) is 0 Å². The van der Waals surface area contributed by atoms with Crippen LogP contribution in [0, 0.1) is 0 Å². The summed E-state index contributed by atoms with van der Waals surface area (Å²) in [5, 5.41) is 9.48. The van der Waals surface area contributed by atoms with E-state index < -0.39 is 5.60 Å². The minimum atomic E-state index is -0.556. The first-order valence-corrected chi connectivity index (χ1v) is 4.94. The highest BCUT2D eigenvalue weighted by Crippen LogP contribution is 2.07. The summed E-state index contributed by atoms with van der Waals surface area (Å²) < 4.78 is 5.23. The zero-order chi connectivity index (χ0) is 10.3. The molecule has 0 aliphatic carbocycles. The lowest BCUT2D eigenvalue weighted by Crippen LogP contribution is -2.30. The van der Waals surface area contributed by atoms with Gasteiger partial charge in [-0.3, -0.25) is 0 Å². The average Bonchev–Trinajstić information content (AvgIpc) is 2.00. The Morgan fingerprint density at radius 1 is 1.31 bits per heavy atom. The van der Waals surface area contributed by atoms with Crippen LogP contribution in [0.4, 0.5) is 0 Å². The van der Waals surface area contributed by atoms with Gasteiger partial charge in [-0.05, 0) is 34.2 Å². The molecular weight excluding hydrogens is 166 g/mol. The fraction of sp³-hybridized carbons (Fsp3) is 1.00. The first kappa shape index (κ1) is 12.9. The molecule has 0 spiro atoms. The highest BCUT2D eigenvalue weighted by molar-refractivity contribution is 4.66. The van der Waals surface area contributed by atoms with Crippen molar-refractivity contribution >= 4 is 0 Å². The normalized spacial score (nSPS) is 12.5. The van der Waals surface area contributed by atoms with Gasteiger partial charge in [-0.25, -0.2) is 0 Å². The van der Waals surface area contributed by atoms with E-state index in [4.69, 9.17) is 4.74 Å². The zero-order valence-electron chi connectivity index (χ0n) is 9.34. The summed E-state index contributed by atoms with van der Waals surface area (Å²) in [4.78, 5) is 2.17.